The Morgan fingerprint density at radius 1 is 1.42 bits per heavy atom. The molecule has 0 saturated heterocycles. The zero-order valence-electron chi connectivity index (χ0n) is 7.37. The van der Waals surface area contributed by atoms with Crippen molar-refractivity contribution in [1.82, 2.24) is 4.98 Å². The highest BCUT2D eigenvalue weighted by molar-refractivity contribution is 9.09. The van der Waals surface area contributed by atoms with Crippen LogP contribution in [0.2, 0.25) is 0 Å². The molecule has 1 rings (SSSR count). The van der Waals surface area contributed by atoms with Gasteiger partial charge in [-0.3, -0.25) is 0 Å². The molecule has 12 heavy (non-hydrogen) atoms. The third kappa shape index (κ3) is 8.14. The molecule has 1 aromatic rings. The van der Waals surface area contributed by atoms with Crippen LogP contribution in [0.3, 0.4) is 0 Å². The molecule has 0 saturated carbocycles. The number of hydrogen-bond acceptors (Lipinski definition) is 1. The Morgan fingerprint density at radius 3 is 2.25 bits per heavy atom. The van der Waals surface area contributed by atoms with Gasteiger partial charge >= 0.3 is 0 Å². The number of nitrogens with zero attached hydrogens (tertiary/aromatic N) is 2. The second-order valence-corrected chi connectivity index (χ2v) is 2.97. The summed E-state index contributed by atoms with van der Waals surface area (Å²) in [6, 6.07) is 1.92. The molecule has 0 aliphatic heterocycles. The molecule has 0 aromatic carbocycles. The van der Waals surface area contributed by atoms with Gasteiger partial charge in [0.15, 0.2) is 0 Å². The Morgan fingerprint density at radius 2 is 2.00 bits per heavy atom. The van der Waals surface area contributed by atoms with Crippen molar-refractivity contribution < 1.29 is 21.5 Å². The predicted molar refractivity (Wildman–Crippen MR) is 49.6 cm³/mol. The fraction of sp³-hybridized carbons (Fsp3) is 0.500. The maximum Gasteiger partial charge on any atom is 0.286 e. The van der Waals surface area contributed by atoms with E-state index in [1.165, 1.54) is 0 Å². The Labute approximate surface area is 92.9 Å². The van der Waals surface area contributed by atoms with Crippen molar-refractivity contribution in [2.24, 2.45) is 0 Å². The van der Waals surface area contributed by atoms with E-state index in [1.54, 1.807) is 12.5 Å². The van der Waals surface area contributed by atoms with E-state index in [-0.39, 0.29) is 17.0 Å². The van der Waals surface area contributed by atoms with Crippen molar-refractivity contribution >= 4 is 15.9 Å². The van der Waals surface area contributed by atoms with Gasteiger partial charge in [0.2, 0.25) is 0 Å². The summed E-state index contributed by atoms with van der Waals surface area (Å²) < 4.78 is 2.01. The fourth-order valence-corrected chi connectivity index (χ4v) is 0.548. The summed E-state index contributed by atoms with van der Waals surface area (Å²) in [6.45, 7) is 5.12. The van der Waals surface area contributed by atoms with E-state index in [4.69, 9.17) is 0 Å². The lowest BCUT2D eigenvalue weighted by Gasteiger charge is -1.86. The number of hydrogen-bond donors (Lipinski definition) is 0. The zero-order chi connectivity index (χ0) is 8.53. The molecule has 0 aliphatic rings. The highest BCUT2D eigenvalue weighted by Gasteiger charge is 1.86. The summed E-state index contributed by atoms with van der Waals surface area (Å²) in [5.41, 5.74) is 0. The topological polar surface area (TPSA) is 16.8 Å². The molecule has 0 amide bonds. The third-order valence-corrected chi connectivity index (χ3v) is 1.03. The maximum absolute atomic E-state index is 3.92. The molecule has 4 heteroatoms. The van der Waals surface area contributed by atoms with E-state index in [0.29, 0.717) is 0 Å². The van der Waals surface area contributed by atoms with E-state index in [2.05, 4.69) is 27.8 Å². The number of halogens is 2. The standard InChI is InChI=1S/C6H9N2.C2H5Br.BrH/c1-2-8-5-3-4-7-6-8;1-2-3;/h3-6H,2H2,1H3;2H2,1H3;1H/q+1;;/p-1. The van der Waals surface area contributed by atoms with Gasteiger partial charge in [0.1, 0.15) is 6.20 Å². The molecular formula is C8H14Br2N2. The summed E-state index contributed by atoms with van der Waals surface area (Å²) in [5, 5.41) is 1.06. The first-order valence-electron chi connectivity index (χ1n) is 3.70. The summed E-state index contributed by atoms with van der Waals surface area (Å²) in [7, 11) is 0. The molecule has 70 valence electrons. The quantitative estimate of drug-likeness (QED) is 0.470. The molecular weight excluding hydrogens is 284 g/mol. The van der Waals surface area contributed by atoms with Crippen LogP contribution in [0.1, 0.15) is 13.8 Å². The highest BCUT2D eigenvalue weighted by atomic mass is 79.9. The van der Waals surface area contributed by atoms with E-state index in [1.807, 2.05) is 23.8 Å². The van der Waals surface area contributed by atoms with Crippen LogP contribution in [0.4, 0.5) is 0 Å². The third-order valence-electron chi connectivity index (χ3n) is 1.03. The van der Waals surface area contributed by atoms with Gasteiger partial charge in [0.05, 0.1) is 12.7 Å². The lowest BCUT2D eigenvalue weighted by atomic mass is 10.6. The lowest BCUT2D eigenvalue weighted by Crippen LogP contribution is -3.00. The lowest BCUT2D eigenvalue weighted by molar-refractivity contribution is -0.696. The summed E-state index contributed by atoms with van der Waals surface area (Å²) in [4.78, 5) is 3.92. The van der Waals surface area contributed by atoms with Crippen molar-refractivity contribution in [2.45, 2.75) is 20.4 Å². The van der Waals surface area contributed by atoms with Gasteiger partial charge in [0, 0.05) is 11.4 Å². The van der Waals surface area contributed by atoms with Crippen LogP contribution in [0, 0.1) is 0 Å². The fourth-order valence-electron chi connectivity index (χ4n) is 0.548. The minimum atomic E-state index is 0. The first kappa shape index (κ1) is 14.6. The van der Waals surface area contributed by atoms with Crippen LogP contribution in [-0.4, -0.2) is 10.3 Å². The first-order valence-corrected chi connectivity index (χ1v) is 4.82. The molecule has 1 aromatic heterocycles. The average Bonchev–Trinajstić information content (AvgIpc) is 2.08. The van der Waals surface area contributed by atoms with Crippen LogP contribution < -0.4 is 21.5 Å². The van der Waals surface area contributed by atoms with E-state index >= 15 is 0 Å². The van der Waals surface area contributed by atoms with Gasteiger partial charge in [-0.1, -0.05) is 27.8 Å². The van der Waals surface area contributed by atoms with Crippen LogP contribution in [0.25, 0.3) is 0 Å². The second kappa shape index (κ2) is 11.0. The van der Waals surface area contributed by atoms with Crippen molar-refractivity contribution in [3.63, 3.8) is 0 Å². The minimum Gasteiger partial charge on any atom is -1.00 e. The van der Waals surface area contributed by atoms with Crippen LogP contribution in [0.5, 0.6) is 0 Å². The van der Waals surface area contributed by atoms with Gasteiger partial charge in [-0.05, 0) is 6.92 Å². The molecule has 0 atom stereocenters. The Hall–Kier alpha value is 0.0400. The van der Waals surface area contributed by atoms with Crippen molar-refractivity contribution in [3.8, 4) is 0 Å². The van der Waals surface area contributed by atoms with Gasteiger partial charge < -0.3 is 17.0 Å². The van der Waals surface area contributed by atoms with Gasteiger partial charge in [-0.15, -0.1) is 0 Å². The molecule has 0 spiro atoms. The van der Waals surface area contributed by atoms with Crippen LogP contribution >= 0.6 is 15.9 Å². The summed E-state index contributed by atoms with van der Waals surface area (Å²) in [5.74, 6) is 0. The van der Waals surface area contributed by atoms with Crippen molar-refractivity contribution in [1.29, 1.82) is 0 Å². The van der Waals surface area contributed by atoms with Gasteiger partial charge in [-0.2, -0.15) is 0 Å². The number of alkyl halides is 1. The SMILES string of the molecule is CCBr.CC[n+]1cccnc1.[Br-]. The summed E-state index contributed by atoms with van der Waals surface area (Å²) >= 11 is 3.15. The monoisotopic (exact) mass is 296 g/mol. The highest BCUT2D eigenvalue weighted by Crippen LogP contribution is 1.68. The smallest absolute Gasteiger partial charge is 0.286 e. The molecule has 0 bridgehead atoms. The minimum absolute atomic E-state index is 0. The van der Waals surface area contributed by atoms with Gasteiger partial charge in [0.25, 0.3) is 6.33 Å². The van der Waals surface area contributed by atoms with Crippen LogP contribution in [-0.2, 0) is 6.54 Å². The number of aromatic nitrogens is 2. The number of rotatable bonds is 1. The van der Waals surface area contributed by atoms with E-state index in [0.717, 1.165) is 11.9 Å². The molecule has 0 unspecified atom stereocenters. The first-order chi connectivity index (χ1) is 5.35. The maximum atomic E-state index is 3.92. The Balaban J connectivity index is 0. The van der Waals surface area contributed by atoms with Crippen molar-refractivity contribution in [2.75, 3.05) is 5.33 Å². The second-order valence-electron chi connectivity index (χ2n) is 1.85. The Bertz CT molecular complexity index is 168. The van der Waals surface area contributed by atoms with Crippen molar-refractivity contribution in [3.05, 3.63) is 24.8 Å². The summed E-state index contributed by atoms with van der Waals surface area (Å²) in [6.07, 6.45) is 5.57. The van der Waals surface area contributed by atoms with Gasteiger partial charge in [-0.25, -0.2) is 4.57 Å². The normalized spacial score (nSPS) is 7.58. The Kier molecular flexibility index (Phi) is 13.4. The molecule has 0 radical (unpaired) electrons. The molecule has 2 nitrogen and oxygen atoms in total. The largest absolute Gasteiger partial charge is 1.00 e. The van der Waals surface area contributed by atoms with Crippen LogP contribution in [0.15, 0.2) is 24.8 Å². The molecule has 0 aliphatic carbocycles. The average molecular weight is 298 g/mol. The predicted octanol–water partition coefficient (Wildman–Crippen LogP) is -1.21. The van der Waals surface area contributed by atoms with E-state index in [9.17, 15) is 0 Å². The molecule has 0 fully saturated rings. The number of aryl methyl sites for hydroxylation is 1. The molecule has 0 N–H and O–H groups in total. The van der Waals surface area contributed by atoms with E-state index < -0.39 is 0 Å². The zero-order valence-corrected chi connectivity index (χ0v) is 10.5. The molecule has 1 heterocycles.